The second-order valence-electron chi connectivity index (χ2n) is 5.47. The van der Waals surface area contributed by atoms with E-state index in [2.05, 4.69) is 63.3 Å². The van der Waals surface area contributed by atoms with Gasteiger partial charge in [0.25, 0.3) is 0 Å². The number of benzene rings is 1. The normalized spacial score (nSPS) is 20.5. The smallest absolute Gasteiger partial charge is 0.0423 e. The summed E-state index contributed by atoms with van der Waals surface area (Å²) in [6.07, 6.45) is 2.58. The Morgan fingerprint density at radius 3 is 2.95 bits per heavy atom. The van der Waals surface area contributed by atoms with E-state index >= 15 is 0 Å². The topological polar surface area (TPSA) is 18.5 Å². The Balaban J connectivity index is 2.21. The summed E-state index contributed by atoms with van der Waals surface area (Å²) in [5.74, 6) is 0. The van der Waals surface area contributed by atoms with E-state index in [-0.39, 0.29) is 0 Å². The van der Waals surface area contributed by atoms with Gasteiger partial charge in [-0.2, -0.15) is 0 Å². The van der Waals surface area contributed by atoms with E-state index in [1.54, 1.807) is 0 Å². The van der Waals surface area contributed by atoms with Gasteiger partial charge in [0, 0.05) is 36.3 Å². The lowest BCUT2D eigenvalue weighted by Crippen LogP contribution is -2.45. The Morgan fingerprint density at radius 2 is 2.26 bits per heavy atom. The molecule has 0 aromatic heterocycles. The third-order valence-electron chi connectivity index (χ3n) is 3.94. The minimum absolute atomic E-state index is 0.614. The molecule has 2 rings (SSSR count). The maximum absolute atomic E-state index is 3.59. The van der Waals surface area contributed by atoms with Crippen molar-refractivity contribution >= 4 is 21.6 Å². The predicted octanol–water partition coefficient (Wildman–Crippen LogP) is 2.70. The molecule has 0 amide bonds. The van der Waals surface area contributed by atoms with Crippen molar-refractivity contribution in [1.82, 2.24) is 10.2 Å². The molecule has 0 saturated carbocycles. The average molecular weight is 326 g/mol. The predicted molar refractivity (Wildman–Crippen MR) is 85.8 cm³/mol. The molecule has 1 aromatic carbocycles. The molecule has 1 aliphatic heterocycles. The highest BCUT2D eigenvalue weighted by Crippen LogP contribution is 2.28. The Labute approximate surface area is 125 Å². The highest BCUT2D eigenvalue weighted by Gasteiger charge is 2.22. The van der Waals surface area contributed by atoms with Crippen LogP contribution in [0.15, 0.2) is 22.7 Å². The van der Waals surface area contributed by atoms with Crippen LogP contribution in [0.25, 0.3) is 0 Å². The highest BCUT2D eigenvalue weighted by molar-refractivity contribution is 9.10. The van der Waals surface area contributed by atoms with Crippen LogP contribution in [-0.2, 0) is 6.54 Å². The van der Waals surface area contributed by atoms with E-state index in [1.165, 1.54) is 30.6 Å². The first kappa shape index (κ1) is 14.8. The third-order valence-corrected chi connectivity index (χ3v) is 4.44. The minimum atomic E-state index is 0.614. The van der Waals surface area contributed by atoms with E-state index in [0.29, 0.717) is 6.04 Å². The number of hydrogen-bond acceptors (Lipinski definition) is 3. The zero-order chi connectivity index (χ0) is 13.8. The molecule has 1 heterocycles. The maximum atomic E-state index is 3.59. The summed E-state index contributed by atoms with van der Waals surface area (Å²) in [4.78, 5) is 4.88. The Hall–Kier alpha value is -0.580. The molecule has 1 saturated heterocycles. The van der Waals surface area contributed by atoms with Crippen LogP contribution in [0.3, 0.4) is 0 Å². The molecular formula is C15H24BrN3. The first-order valence-corrected chi connectivity index (χ1v) is 7.75. The van der Waals surface area contributed by atoms with Gasteiger partial charge in [0.15, 0.2) is 0 Å². The number of rotatable bonds is 4. The number of likely N-dealkylation sites (tertiary alicyclic amines) is 1. The number of anilines is 1. The Morgan fingerprint density at radius 1 is 1.47 bits per heavy atom. The van der Waals surface area contributed by atoms with Crippen LogP contribution in [0.5, 0.6) is 0 Å². The lowest BCUT2D eigenvalue weighted by molar-refractivity contribution is 0.248. The first-order valence-electron chi connectivity index (χ1n) is 6.96. The van der Waals surface area contributed by atoms with Crippen molar-refractivity contribution in [1.29, 1.82) is 0 Å². The van der Waals surface area contributed by atoms with Crippen molar-refractivity contribution in [2.45, 2.75) is 25.4 Å². The highest BCUT2D eigenvalue weighted by atomic mass is 79.9. The van der Waals surface area contributed by atoms with Gasteiger partial charge in [0.1, 0.15) is 0 Å². The van der Waals surface area contributed by atoms with Crippen molar-refractivity contribution in [3.63, 3.8) is 0 Å². The van der Waals surface area contributed by atoms with Crippen LogP contribution >= 0.6 is 15.9 Å². The lowest BCUT2D eigenvalue weighted by Gasteiger charge is -2.38. The maximum Gasteiger partial charge on any atom is 0.0423 e. The fourth-order valence-electron chi connectivity index (χ4n) is 2.86. The Kier molecular flexibility index (Phi) is 5.25. The molecule has 3 nitrogen and oxygen atoms in total. The van der Waals surface area contributed by atoms with Gasteiger partial charge < -0.3 is 15.1 Å². The van der Waals surface area contributed by atoms with E-state index in [9.17, 15) is 0 Å². The molecule has 0 aliphatic carbocycles. The van der Waals surface area contributed by atoms with E-state index in [0.717, 1.165) is 17.6 Å². The second-order valence-corrected chi connectivity index (χ2v) is 6.39. The summed E-state index contributed by atoms with van der Waals surface area (Å²) in [6, 6.07) is 7.18. The molecule has 1 N–H and O–H groups in total. The number of nitrogens with zero attached hydrogens (tertiary/aromatic N) is 2. The average Bonchev–Trinajstić information content (AvgIpc) is 2.40. The zero-order valence-corrected chi connectivity index (χ0v) is 13.7. The van der Waals surface area contributed by atoms with Crippen LogP contribution in [0, 0.1) is 0 Å². The van der Waals surface area contributed by atoms with Crippen LogP contribution < -0.4 is 10.2 Å². The van der Waals surface area contributed by atoms with Crippen molar-refractivity contribution in [2.24, 2.45) is 0 Å². The molecule has 4 heteroatoms. The van der Waals surface area contributed by atoms with Crippen LogP contribution in [0.1, 0.15) is 18.4 Å². The monoisotopic (exact) mass is 325 g/mol. The van der Waals surface area contributed by atoms with Gasteiger partial charge in [-0.25, -0.2) is 0 Å². The first-order chi connectivity index (χ1) is 9.11. The molecule has 0 radical (unpaired) electrons. The molecule has 1 unspecified atom stereocenters. The summed E-state index contributed by atoms with van der Waals surface area (Å²) >= 11 is 3.59. The Bertz CT molecular complexity index is 422. The minimum Gasteiger partial charge on any atom is -0.370 e. The summed E-state index contributed by atoms with van der Waals surface area (Å²) in [7, 11) is 6.44. The summed E-state index contributed by atoms with van der Waals surface area (Å²) < 4.78 is 1.15. The van der Waals surface area contributed by atoms with Gasteiger partial charge in [-0.05, 0) is 51.2 Å². The van der Waals surface area contributed by atoms with Crippen LogP contribution in [0.2, 0.25) is 0 Å². The van der Waals surface area contributed by atoms with E-state index < -0.39 is 0 Å². The fourth-order valence-corrected chi connectivity index (χ4v) is 3.21. The van der Waals surface area contributed by atoms with Crippen LogP contribution in [0.4, 0.5) is 5.69 Å². The van der Waals surface area contributed by atoms with Gasteiger partial charge in [0.2, 0.25) is 0 Å². The molecule has 1 atom stereocenters. The number of hydrogen-bond donors (Lipinski definition) is 1. The molecule has 19 heavy (non-hydrogen) atoms. The SMILES string of the molecule is CNCc1ccc(Br)cc1N(C)C1CCCN(C)C1. The van der Waals surface area contributed by atoms with Gasteiger partial charge in [-0.1, -0.05) is 22.0 Å². The standard InChI is InChI=1S/C15H24BrN3/c1-17-10-12-6-7-13(16)9-15(12)19(3)14-5-4-8-18(2)11-14/h6-7,9,14,17H,4-5,8,10-11H2,1-3H3. The quantitative estimate of drug-likeness (QED) is 0.918. The summed E-state index contributed by atoms with van der Waals surface area (Å²) in [5.41, 5.74) is 2.70. The number of piperidine rings is 1. The molecule has 0 bridgehead atoms. The molecule has 1 aliphatic rings. The number of likely N-dealkylation sites (N-methyl/N-ethyl adjacent to an activating group) is 2. The van der Waals surface area contributed by atoms with Gasteiger partial charge >= 0.3 is 0 Å². The van der Waals surface area contributed by atoms with Crippen molar-refractivity contribution < 1.29 is 0 Å². The molecule has 106 valence electrons. The van der Waals surface area contributed by atoms with Crippen LogP contribution in [-0.4, -0.2) is 45.2 Å². The number of halogens is 1. The third kappa shape index (κ3) is 3.71. The largest absolute Gasteiger partial charge is 0.370 e. The van der Waals surface area contributed by atoms with E-state index in [4.69, 9.17) is 0 Å². The van der Waals surface area contributed by atoms with E-state index in [1.807, 2.05) is 7.05 Å². The molecule has 1 fully saturated rings. The van der Waals surface area contributed by atoms with Gasteiger partial charge in [-0.15, -0.1) is 0 Å². The van der Waals surface area contributed by atoms with Crippen molar-refractivity contribution in [3.8, 4) is 0 Å². The molecule has 1 aromatic rings. The summed E-state index contributed by atoms with van der Waals surface area (Å²) in [6.45, 7) is 3.30. The van der Waals surface area contributed by atoms with Gasteiger partial charge in [0.05, 0.1) is 0 Å². The van der Waals surface area contributed by atoms with Gasteiger partial charge in [-0.3, -0.25) is 0 Å². The lowest BCUT2D eigenvalue weighted by atomic mass is 10.0. The number of nitrogens with one attached hydrogen (secondary N) is 1. The summed E-state index contributed by atoms with van der Waals surface area (Å²) in [5, 5.41) is 3.26. The van der Waals surface area contributed by atoms with Crippen molar-refractivity contribution in [3.05, 3.63) is 28.2 Å². The molecule has 0 spiro atoms. The molecular weight excluding hydrogens is 302 g/mol. The fraction of sp³-hybridized carbons (Fsp3) is 0.600. The second kappa shape index (κ2) is 6.73. The van der Waals surface area contributed by atoms with Crippen molar-refractivity contribution in [2.75, 3.05) is 39.1 Å². The zero-order valence-electron chi connectivity index (χ0n) is 12.1.